The molecule has 4 heterocycles. The van der Waals surface area contributed by atoms with Gasteiger partial charge in [0.05, 0.1) is 15.3 Å². The molecular weight excluding hydrogens is 787 g/mol. The first-order valence-electron chi connectivity index (χ1n) is 18.3. The fraction of sp³-hybridized carbons (Fsp3) is 0.167. The van der Waals surface area contributed by atoms with Crippen LogP contribution in [0.1, 0.15) is 50.7 Å². The number of furan rings is 1. The van der Waals surface area contributed by atoms with Crippen molar-refractivity contribution in [1.29, 1.82) is 0 Å². The number of fused-ring (bicyclic) bond motifs is 5. The molecule has 0 aliphatic heterocycles. The minimum atomic E-state index is -2.29. The minimum Gasteiger partial charge on any atom is -0.498 e. The van der Waals surface area contributed by atoms with Gasteiger partial charge in [-0.05, 0) is 53.5 Å². The summed E-state index contributed by atoms with van der Waals surface area (Å²) in [4.78, 5) is 13.7. The molecule has 0 bridgehead atoms. The van der Waals surface area contributed by atoms with Crippen LogP contribution in [0.3, 0.4) is 0 Å². The molecule has 241 valence electrons. The van der Waals surface area contributed by atoms with Crippen LogP contribution in [-0.4, -0.2) is 15.0 Å². The smallest absolute Gasteiger partial charge is 0.148 e. The quantitative estimate of drug-likeness (QED) is 0.167. The van der Waals surface area contributed by atoms with E-state index in [0.717, 1.165) is 59.5 Å². The topological polar surface area (TPSA) is 51.8 Å². The van der Waals surface area contributed by atoms with Gasteiger partial charge in [-0.3, -0.25) is 0 Å². The molecule has 0 fully saturated rings. The van der Waals surface area contributed by atoms with Crippen LogP contribution in [0.5, 0.6) is 0 Å². The van der Waals surface area contributed by atoms with Crippen molar-refractivity contribution >= 4 is 43.5 Å². The summed E-state index contributed by atoms with van der Waals surface area (Å²) in [5.41, 5.74) is 8.40. The molecule has 4 aromatic heterocycles. The molecule has 0 atom stereocenters. The second-order valence-electron chi connectivity index (χ2n) is 12.4. The Bertz CT molecular complexity index is 2570. The SMILES string of the molecule is Cc1ccc(-c2[c-]ccc3c2oc2c3ccc3sc(C(C)(C)C)nc32)nc1.[2H]C([2H])([2H])c1c[c-]c(-c2cc(-c3ccccc3)c(C([2H])([2H])[2H])cn2)cc1.[Ir]. The van der Waals surface area contributed by atoms with Gasteiger partial charge in [0.1, 0.15) is 11.1 Å². The van der Waals surface area contributed by atoms with Gasteiger partial charge < -0.3 is 14.4 Å². The molecule has 4 nitrogen and oxygen atoms in total. The van der Waals surface area contributed by atoms with Crippen molar-refractivity contribution in [2.45, 2.75) is 46.8 Å². The second-order valence-corrected chi connectivity index (χ2v) is 13.5. The Morgan fingerprint density at radius 2 is 1.58 bits per heavy atom. The zero-order chi connectivity index (χ0) is 37.7. The van der Waals surface area contributed by atoms with Crippen molar-refractivity contribution < 1.29 is 32.7 Å². The van der Waals surface area contributed by atoms with Crippen molar-refractivity contribution in [3.05, 3.63) is 137 Å². The molecule has 6 heteroatoms. The van der Waals surface area contributed by atoms with E-state index in [9.17, 15) is 0 Å². The van der Waals surface area contributed by atoms with Gasteiger partial charge in [0, 0.05) is 51.5 Å². The standard InChI is InChI=1S/C23H19N2OS.C19H16N.Ir/c1-13-8-10-17(24-12-13)16-7-5-6-14-15-9-11-18-19(21(15)26-20(14)16)25-22(27-18)23(2,3)4;1-14-8-10-17(11-9-14)19-12-18(15(2)13-20-19)16-6-4-3-5-7-16;/h5-6,8-12H,1-4H3;3-10,12-13H,1-2H3;/q2*-1;/i;1D3,2D3;. The Hall–Kier alpha value is -4.48. The van der Waals surface area contributed by atoms with Gasteiger partial charge in [0.15, 0.2) is 0 Å². The van der Waals surface area contributed by atoms with Gasteiger partial charge in [-0.1, -0.05) is 93.2 Å². The molecule has 0 unspecified atom stereocenters. The van der Waals surface area contributed by atoms with Crippen LogP contribution >= 0.6 is 11.3 Å². The van der Waals surface area contributed by atoms with Gasteiger partial charge in [0.25, 0.3) is 0 Å². The molecule has 4 aromatic carbocycles. The predicted octanol–water partition coefficient (Wildman–Crippen LogP) is 11.5. The first kappa shape index (κ1) is 26.5. The zero-order valence-electron chi connectivity index (χ0n) is 32.8. The number of rotatable bonds is 3. The van der Waals surface area contributed by atoms with Crippen molar-refractivity contribution in [1.82, 2.24) is 15.0 Å². The predicted molar refractivity (Wildman–Crippen MR) is 196 cm³/mol. The molecule has 8 rings (SSSR count). The first-order valence-corrected chi connectivity index (χ1v) is 16.1. The van der Waals surface area contributed by atoms with E-state index in [4.69, 9.17) is 17.6 Å². The fourth-order valence-corrected chi connectivity index (χ4v) is 6.38. The molecule has 0 aliphatic carbocycles. The third kappa shape index (κ3) is 6.61. The summed E-state index contributed by atoms with van der Waals surface area (Å²) < 4.78 is 53.1. The number of thiazole rings is 1. The fourth-order valence-electron chi connectivity index (χ4n) is 5.36. The normalized spacial score (nSPS) is 13.8. The summed E-state index contributed by atoms with van der Waals surface area (Å²) >= 11 is 1.74. The van der Waals surface area contributed by atoms with Gasteiger partial charge >= 0.3 is 0 Å². The van der Waals surface area contributed by atoms with E-state index < -0.39 is 13.7 Å². The van der Waals surface area contributed by atoms with E-state index in [1.165, 1.54) is 18.3 Å². The molecule has 48 heavy (non-hydrogen) atoms. The maximum atomic E-state index is 7.76. The van der Waals surface area contributed by atoms with E-state index in [2.05, 4.69) is 67.1 Å². The van der Waals surface area contributed by atoms with E-state index in [1.807, 2.05) is 55.6 Å². The number of pyridine rings is 2. The monoisotopic (exact) mass is 828 g/mol. The average molecular weight is 828 g/mol. The first-order chi connectivity index (χ1) is 25.1. The van der Waals surface area contributed by atoms with Gasteiger partial charge in [0.2, 0.25) is 0 Å². The van der Waals surface area contributed by atoms with Gasteiger partial charge in [-0.15, -0.1) is 64.9 Å². The van der Waals surface area contributed by atoms with Crippen LogP contribution in [-0.2, 0) is 25.5 Å². The van der Waals surface area contributed by atoms with E-state index in [1.54, 1.807) is 23.5 Å². The largest absolute Gasteiger partial charge is 0.498 e. The number of aryl methyl sites for hydroxylation is 3. The number of aromatic nitrogens is 3. The Kier molecular flexibility index (Phi) is 7.48. The van der Waals surface area contributed by atoms with E-state index in [0.29, 0.717) is 16.8 Å². The van der Waals surface area contributed by atoms with Crippen LogP contribution in [0.15, 0.2) is 108 Å². The van der Waals surface area contributed by atoms with Crippen molar-refractivity contribution in [2.75, 3.05) is 0 Å². The Morgan fingerprint density at radius 3 is 2.29 bits per heavy atom. The summed E-state index contributed by atoms with van der Waals surface area (Å²) in [6.07, 6.45) is 3.23. The summed E-state index contributed by atoms with van der Waals surface area (Å²) in [5, 5.41) is 3.29. The summed E-state index contributed by atoms with van der Waals surface area (Å²) in [6, 6.07) is 34.1. The molecule has 0 amide bonds. The van der Waals surface area contributed by atoms with Crippen LogP contribution in [0.2, 0.25) is 0 Å². The minimum absolute atomic E-state index is 0. The van der Waals surface area contributed by atoms with Crippen LogP contribution < -0.4 is 0 Å². The number of nitrogens with zero attached hydrogens (tertiary/aromatic N) is 3. The van der Waals surface area contributed by atoms with Crippen LogP contribution in [0.4, 0.5) is 0 Å². The average Bonchev–Trinajstić information content (AvgIpc) is 3.74. The zero-order valence-corrected chi connectivity index (χ0v) is 30.0. The summed E-state index contributed by atoms with van der Waals surface area (Å²) in [6.45, 7) is 4.13. The Labute approximate surface area is 307 Å². The molecule has 1 radical (unpaired) electrons. The van der Waals surface area contributed by atoms with Gasteiger partial charge in [-0.25, -0.2) is 4.98 Å². The van der Waals surface area contributed by atoms with Crippen LogP contribution in [0.25, 0.3) is 65.8 Å². The molecule has 0 saturated heterocycles. The molecule has 0 spiro atoms. The third-order valence-corrected chi connectivity index (χ3v) is 9.29. The number of hydrogen-bond acceptors (Lipinski definition) is 5. The van der Waals surface area contributed by atoms with E-state index >= 15 is 0 Å². The van der Waals surface area contributed by atoms with E-state index in [-0.39, 0.29) is 36.6 Å². The number of hydrogen-bond donors (Lipinski definition) is 0. The number of benzene rings is 4. The van der Waals surface area contributed by atoms with Gasteiger partial charge in [-0.2, -0.15) is 0 Å². The molecular formula is C42H35IrN3OS-2. The van der Waals surface area contributed by atoms with Crippen molar-refractivity contribution in [3.8, 4) is 33.6 Å². The summed E-state index contributed by atoms with van der Waals surface area (Å²) in [7, 11) is 0. The molecule has 8 aromatic rings. The Balaban J connectivity index is 0.000000181. The van der Waals surface area contributed by atoms with Crippen LogP contribution in [0, 0.1) is 32.8 Å². The Morgan fingerprint density at radius 1 is 0.792 bits per heavy atom. The van der Waals surface area contributed by atoms with Crippen molar-refractivity contribution in [3.63, 3.8) is 0 Å². The molecule has 0 N–H and O–H groups in total. The van der Waals surface area contributed by atoms with Crippen molar-refractivity contribution in [2.24, 2.45) is 0 Å². The molecule has 0 aliphatic rings. The maximum Gasteiger partial charge on any atom is 0.148 e. The third-order valence-electron chi connectivity index (χ3n) is 7.84. The summed E-state index contributed by atoms with van der Waals surface area (Å²) in [5.74, 6) is 0. The molecule has 0 saturated carbocycles. The maximum absolute atomic E-state index is 7.76. The second kappa shape index (κ2) is 13.6.